The summed E-state index contributed by atoms with van der Waals surface area (Å²) in [6.07, 6.45) is 2.87. The number of hydrogen-bond acceptors (Lipinski definition) is 7. The van der Waals surface area contributed by atoms with Crippen molar-refractivity contribution in [3.05, 3.63) is 47.5 Å². The highest BCUT2D eigenvalue weighted by Crippen LogP contribution is 2.37. The van der Waals surface area contributed by atoms with Crippen LogP contribution in [0.4, 0.5) is 15.9 Å². The maximum absolute atomic E-state index is 14.5. The van der Waals surface area contributed by atoms with Gasteiger partial charge in [-0.3, -0.25) is 9.69 Å². The Morgan fingerprint density at radius 3 is 2.79 bits per heavy atom. The van der Waals surface area contributed by atoms with Crippen LogP contribution in [0.15, 0.2) is 36.7 Å². The number of hydrogen-bond donors (Lipinski definition) is 1. The van der Waals surface area contributed by atoms with Crippen LogP contribution in [0.2, 0.25) is 5.02 Å². The molecule has 5 rings (SSSR count). The Hall–Kier alpha value is -3.17. The molecule has 2 aliphatic rings. The van der Waals surface area contributed by atoms with E-state index in [4.69, 9.17) is 21.1 Å². The molecule has 1 N–H and O–H groups in total. The smallest absolute Gasteiger partial charge is 0.240 e. The summed E-state index contributed by atoms with van der Waals surface area (Å²) in [5.74, 6) is 1.04. The Labute approximate surface area is 201 Å². The third kappa shape index (κ3) is 4.21. The van der Waals surface area contributed by atoms with Crippen molar-refractivity contribution in [2.24, 2.45) is 0 Å². The molecule has 34 heavy (non-hydrogen) atoms. The number of likely N-dealkylation sites (tertiary alicyclic amines) is 2. The van der Waals surface area contributed by atoms with Gasteiger partial charge in [0.05, 0.1) is 29.4 Å². The fourth-order valence-electron chi connectivity index (χ4n) is 4.40. The van der Waals surface area contributed by atoms with Crippen molar-refractivity contribution in [1.29, 1.82) is 0 Å². The van der Waals surface area contributed by atoms with Crippen LogP contribution < -0.4 is 14.8 Å². The summed E-state index contributed by atoms with van der Waals surface area (Å²) in [6, 6.07) is 8.07. The summed E-state index contributed by atoms with van der Waals surface area (Å²) in [6.45, 7) is 2.28. The molecule has 3 heterocycles. The van der Waals surface area contributed by atoms with Crippen molar-refractivity contribution in [1.82, 2.24) is 19.8 Å². The van der Waals surface area contributed by atoms with Gasteiger partial charge >= 0.3 is 0 Å². The Kier molecular flexibility index (Phi) is 6.14. The standard InChI is InChI=1S/C24H25ClFN5O3/c1-30-12-14(9-19(30)24(32)31-7-4-8-31)34-21-10-15-18(11-20(21)33-2)27-13-28-23(15)29-17-6-3-5-16(25)22(17)26/h3,5-6,10-11,13-14,19H,4,7-9,12H2,1-2H3,(H,27,28,29)/t14-,19+/m0/s1. The molecule has 0 saturated carbocycles. The van der Waals surface area contributed by atoms with E-state index in [1.807, 2.05) is 16.8 Å². The molecule has 2 atom stereocenters. The van der Waals surface area contributed by atoms with E-state index in [0.29, 0.717) is 41.2 Å². The first-order valence-corrected chi connectivity index (χ1v) is 11.5. The number of likely N-dealkylation sites (N-methyl/N-ethyl adjacent to an activating group) is 1. The summed E-state index contributed by atoms with van der Waals surface area (Å²) in [7, 11) is 3.51. The molecule has 0 spiro atoms. The van der Waals surface area contributed by atoms with Crippen LogP contribution >= 0.6 is 11.6 Å². The topological polar surface area (TPSA) is 79.8 Å². The summed E-state index contributed by atoms with van der Waals surface area (Å²) in [4.78, 5) is 25.3. The summed E-state index contributed by atoms with van der Waals surface area (Å²) in [5, 5.41) is 3.66. The maximum Gasteiger partial charge on any atom is 0.240 e. The number of methoxy groups -OCH3 is 1. The van der Waals surface area contributed by atoms with E-state index in [2.05, 4.69) is 15.3 Å². The lowest BCUT2D eigenvalue weighted by Crippen LogP contribution is -2.50. The van der Waals surface area contributed by atoms with E-state index in [-0.39, 0.29) is 28.8 Å². The van der Waals surface area contributed by atoms with Crippen LogP contribution in [0, 0.1) is 5.82 Å². The number of carbonyl (C=O) groups is 1. The molecule has 3 aromatic rings. The van der Waals surface area contributed by atoms with Gasteiger partial charge in [-0.25, -0.2) is 14.4 Å². The first kappa shape index (κ1) is 22.6. The number of anilines is 2. The molecule has 2 aromatic carbocycles. The summed E-state index contributed by atoms with van der Waals surface area (Å²) in [5.41, 5.74) is 0.814. The highest BCUT2D eigenvalue weighted by Gasteiger charge is 2.39. The van der Waals surface area contributed by atoms with E-state index in [1.165, 1.54) is 12.4 Å². The second kappa shape index (κ2) is 9.23. The third-order valence-electron chi connectivity index (χ3n) is 6.38. The first-order valence-electron chi connectivity index (χ1n) is 11.1. The van der Waals surface area contributed by atoms with E-state index < -0.39 is 5.82 Å². The van der Waals surface area contributed by atoms with Gasteiger partial charge < -0.3 is 19.7 Å². The van der Waals surface area contributed by atoms with Crippen LogP contribution in [0.3, 0.4) is 0 Å². The van der Waals surface area contributed by atoms with Crippen LogP contribution in [-0.4, -0.2) is 71.6 Å². The van der Waals surface area contributed by atoms with Gasteiger partial charge in [-0.05, 0) is 31.7 Å². The molecule has 10 heteroatoms. The third-order valence-corrected chi connectivity index (χ3v) is 6.67. The van der Waals surface area contributed by atoms with Gasteiger partial charge in [-0.15, -0.1) is 0 Å². The Morgan fingerprint density at radius 2 is 2.06 bits per heavy atom. The van der Waals surface area contributed by atoms with Crippen molar-refractivity contribution >= 4 is 39.9 Å². The minimum atomic E-state index is -0.562. The number of nitrogens with one attached hydrogen (secondary N) is 1. The lowest BCUT2D eigenvalue weighted by atomic mass is 10.1. The molecule has 0 unspecified atom stereocenters. The van der Waals surface area contributed by atoms with Crippen molar-refractivity contribution in [2.75, 3.05) is 39.1 Å². The lowest BCUT2D eigenvalue weighted by Gasteiger charge is -2.34. The van der Waals surface area contributed by atoms with Gasteiger partial charge in [0.25, 0.3) is 0 Å². The van der Waals surface area contributed by atoms with Crippen LogP contribution in [0.1, 0.15) is 12.8 Å². The molecule has 8 nitrogen and oxygen atoms in total. The zero-order valence-electron chi connectivity index (χ0n) is 18.9. The van der Waals surface area contributed by atoms with Gasteiger partial charge in [0.2, 0.25) is 5.91 Å². The average Bonchev–Trinajstić information content (AvgIpc) is 3.15. The first-order chi connectivity index (χ1) is 16.4. The average molecular weight is 486 g/mol. The molecular weight excluding hydrogens is 461 g/mol. The lowest BCUT2D eigenvalue weighted by molar-refractivity contribution is -0.139. The molecule has 0 radical (unpaired) electrons. The van der Waals surface area contributed by atoms with Crippen LogP contribution in [-0.2, 0) is 4.79 Å². The number of carbonyl (C=O) groups excluding carboxylic acids is 1. The van der Waals surface area contributed by atoms with Crippen molar-refractivity contribution in [3.8, 4) is 11.5 Å². The number of fused-ring (bicyclic) bond motifs is 1. The normalized spacial score (nSPS) is 20.3. The largest absolute Gasteiger partial charge is 0.493 e. The predicted molar refractivity (Wildman–Crippen MR) is 127 cm³/mol. The number of rotatable bonds is 6. The summed E-state index contributed by atoms with van der Waals surface area (Å²) >= 11 is 5.92. The number of benzene rings is 2. The Balaban J connectivity index is 1.42. The molecule has 1 aromatic heterocycles. The van der Waals surface area contributed by atoms with E-state index in [9.17, 15) is 9.18 Å². The van der Waals surface area contributed by atoms with E-state index in [0.717, 1.165) is 19.5 Å². The van der Waals surface area contributed by atoms with Gasteiger partial charge in [0.15, 0.2) is 17.3 Å². The minimum absolute atomic E-state index is 0.0155. The Bertz CT molecular complexity index is 1240. The molecular formula is C24H25ClFN5O3. The van der Waals surface area contributed by atoms with Crippen molar-refractivity contribution in [2.45, 2.75) is 25.0 Å². The number of aromatic nitrogens is 2. The Morgan fingerprint density at radius 1 is 1.24 bits per heavy atom. The molecule has 178 valence electrons. The highest BCUT2D eigenvalue weighted by molar-refractivity contribution is 6.31. The SMILES string of the molecule is COc1cc2ncnc(Nc3cccc(Cl)c3F)c2cc1O[C@H]1C[C@H](C(=O)N2CCC2)N(C)C1. The van der Waals surface area contributed by atoms with E-state index >= 15 is 0 Å². The number of ether oxygens (including phenoxy) is 2. The molecule has 2 saturated heterocycles. The number of nitrogens with zero attached hydrogens (tertiary/aromatic N) is 4. The number of halogens is 2. The monoisotopic (exact) mass is 485 g/mol. The predicted octanol–water partition coefficient (Wildman–Crippen LogP) is 3.86. The maximum atomic E-state index is 14.5. The second-order valence-electron chi connectivity index (χ2n) is 8.58. The quantitative estimate of drug-likeness (QED) is 0.568. The van der Waals surface area contributed by atoms with Crippen molar-refractivity contribution in [3.63, 3.8) is 0 Å². The molecule has 2 aliphatic heterocycles. The zero-order valence-corrected chi connectivity index (χ0v) is 19.7. The number of amides is 1. The van der Waals surface area contributed by atoms with Crippen molar-refractivity contribution < 1.29 is 18.7 Å². The fraction of sp³-hybridized carbons (Fsp3) is 0.375. The molecule has 1 amide bonds. The van der Waals surface area contributed by atoms with E-state index in [1.54, 1.807) is 31.4 Å². The van der Waals surface area contributed by atoms with Gasteiger partial charge in [0, 0.05) is 37.5 Å². The molecule has 0 aliphatic carbocycles. The van der Waals surface area contributed by atoms with Crippen LogP contribution in [0.5, 0.6) is 11.5 Å². The van der Waals surface area contributed by atoms with Gasteiger partial charge in [-0.1, -0.05) is 17.7 Å². The fourth-order valence-corrected chi connectivity index (χ4v) is 4.57. The van der Waals surface area contributed by atoms with Crippen LogP contribution in [0.25, 0.3) is 10.9 Å². The highest BCUT2D eigenvalue weighted by atomic mass is 35.5. The minimum Gasteiger partial charge on any atom is -0.493 e. The molecule has 0 bridgehead atoms. The second-order valence-corrected chi connectivity index (χ2v) is 8.99. The molecule has 2 fully saturated rings. The zero-order chi connectivity index (χ0) is 23.8. The van der Waals surface area contributed by atoms with Gasteiger partial charge in [-0.2, -0.15) is 0 Å². The van der Waals surface area contributed by atoms with Gasteiger partial charge in [0.1, 0.15) is 18.2 Å². The summed E-state index contributed by atoms with van der Waals surface area (Å²) < 4.78 is 26.3.